The minimum absolute atomic E-state index is 0.552. The first-order valence-electron chi connectivity index (χ1n) is 15.9. The van der Waals surface area contributed by atoms with Gasteiger partial charge >= 0.3 is 5.97 Å². The van der Waals surface area contributed by atoms with Gasteiger partial charge in [-0.05, 0) is 54.4 Å². The quantitative estimate of drug-likeness (QED) is 0.143. The number of aryl methyl sites for hydroxylation is 1. The number of carbonyl (C=O) groups is 1. The fourth-order valence-electron chi connectivity index (χ4n) is 5.68. The molecule has 2 heteroatoms. The minimum atomic E-state index is -0.754. The summed E-state index contributed by atoms with van der Waals surface area (Å²) in [5, 5.41) is 9.92. The van der Waals surface area contributed by atoms with Gasteiger partial charge in [0.05, 0.1) is 5.56 Å². The van der Waals surface area contributed by atoms with Crippen molar-refractivity contribution in [2.45, 2.75) is 169 Å². The lowest BCUT2D eigenvalue weighted by atomic mass is 9.85. The summed E-state index contributed by atoms with van der Waals surface area (Å²) in [6.07, 6.45) is 28.3. The van der Waals surface area contributed by atoms with Gasteiger partial charge in [0, 0.05) is 0 Å². The molecular weight excluding hydrogens is 440 g/mol. The monoisotopic (exact) mass is 500 g/mol. The molecule has 0 radical (unpaired) electrons. The number of hydrogen-bond acceptors (Lipinski definition) is 1. The molecule has 0 bridgehead atoms. The van der Waals surface area contributed by atoms with Crippen LogP contribution in [0.4, 0.5) is 0 Å². The van der Waals surface area contributed by atoms with E-state index in [1.165, 1.54) is 127 Å². The summed E-state index contributed by atoms with van der Waals surface area (Å²) in [4.78, 5) is 12.1. The van der Waals surface area contributed by atoms with Crippen LogP contribution in [0, 0.1) is 5.92 Å². The first-order valence-corrected chi connectivity index (χ1v) is 15.9. The van der Waals surface area contributed by atoms with E-state index in [0.29, 0.717) is 11.5 Å². The Kier molecular flexibility index (Phi) is 19.8. The second kappa shape index (κ2) is 21.7. The van der Waals surface area contributed by atoms with Gasteiger partial charge in [0.15, 0.2) is 0 Å². The SMILES string of the molecule is CCCCCCCCCCCCC(C)Cc1c(CC)ccc(C(=O)O)c1CCCCCCCCCC. The van der Waals surface area contributed by atoms with Crippen molar-refractivity contribution in [3.05, 3.63) is 34.4 Å². The molecule has 1 atom stereocenters. The molecule has 0 saturated heterocycles. The van der Waals surface area contributed by atoms with Gasteiger partial charge in [0.25, 0.3) is 0 Å². The van der Waals surface area contributed by atoms with Gasteiger partial charge in [-0.3, -0.25) is 0 Å². The van der Waals surface area contributed by atoms with Crippen LogP contribution in [-0.4, -0.2) is 11.1 Å². The molecule has 2 nitrogen and oxygen atoms in total. The van der Waals surface area contributed by atoms with Crippen LogP contribution in [0.1, 0.15) is 177 Å². The normalized spacial score (nSPS) is 12.2. The van der Waals surface area contributed by atoms with E-state index in [-0.39, 0.29) is 0 Å². The minimum Gasteiger partial charge on any atom is -0.478 e. The summed E-state index contributed by atoms with van der Waals surface area (Å²) >= 11 is 0. The van der Waals surface area contributed by atoms with Crippen LogP contribution in [0.3, 0.4) is 0 Å². The molecule has 36 heavy (non-hydrogen) atoms. The molecule has 0 aliphatic heterocycles. The second-order valence-electron chi connectivity index (χ2n) is 11.4. The zero-order valence-electron chi connectivity index (χ0n) is 24.6. The van der Waals surface area contributed by atoms with E-state index < -0.39 is 5.97 Å². The fourth-order valence-corrected chi connectivity index (χ4v) is 5.68. The van der Waals surface area contributed by atoms with Crippen molar-refractivity contribution in [2.24, 2.45) is 5.92 Å². The van der Waals surface area contributed by atoms with E-state index in [9.17, 15) is 9.90 Å². The number of carboxylic acid groups (broad SMARTS) is 1. The highest BCUT2D eigenvalue weighted by Gasteiger charge is 2.18. The maximum Gasteiger partial charge on any atom is 0.335 e. The summed E-state index contributed by atoms with van der Waals surface area (Å²) < 4.78 is 0. The van der Waals surface area contributed by atoms with Crippen LogP contribution < -0.4 is 0 Å². The third-order valence-corrected chi connectivity index (χ3v) is 8.02. The summed E-state index contributed by atoms with van der Waals surface area (Å²) in [5.74, 6) is -0.137. The van der Waals surface area contributed by atoms with Crippen LogP contribution in [0.2, 0.25) is 0 Å². The fraction of sp³-hybridized carbons (Fsp3) is 0.794. The highest BCUT2D eigenvalue weighted by Crippen LogP contribution is 2.27. The first-order chi connectivity index (χ1) is 17.5. The molecular formula is C34H60O2. The van der Waals surface area contributed by atoms with Gasteiger partial charge in [-0.1, -0.05) is 149 Å². The zero-order valence-corrected chi connectivity index (χ0v) is 24.6. The topological polar surface area (TPSA) is 37.3 Å². The summed E-state index contributed by atoms with van der Waals surface area (Å²) in [5.41, 5.74) is 4.42. The lowest BCUT2D eigenvalue weighted by Crippen LogP contribution is -2.12. The van der Waals surface area contributed by atoms with Crippen molar-refractivity contribution in [1.82, 2.24) is 0 Å². The Morgan fingerprint density at radius 2 is 1.14 bits per heavy atom. The molecule has 0 amide bonds. The van der Waals surface area contributed by atoms with Crippen LogP contribution in [-0.2, 0) is 19.3 Å². The van der Waals surface area contributed by atoms with Gasteiger partial charge in [-0.15, -0.1) is 0 Å². The van der Waals surface area contributed by atoms with E-state index in [1.807, 2.05) is 6.07 Å². The van der Waals surface area contributed by atoms with Crippen molar-refractivity contribution >= 4 is 5.97 Å². The molecule has 208 valence electrons. The molecule has 0 spiro atoms. The summed E-state index contributed by atoms with van der Waals surface area (Å²) in [6, 6.07) is 3.96. The Labute approximate surface area is 225 Å². The number of carboxylic acids is 1. The Bertz CT molecular complexity index is 678. The van der Waals surface area contributed by atoms with E-state index in [0.717, 1.165) is 31.2 Å². The second-order valence-corrected chi connectivity index (χ2v) is 11.4. The largest absolute Gasteiger partial charge is 0.478 e. The van der Waals surface area contributed by atoms with Crippen molar-refractivity contribution in [2.75, 3.05) is 0 Å². The van der Waals surface area contributed by atoms with Gasteiger partial charge < -0.3 is 5.11 Å². The Morgan fingerprint density at radius 1 is 0.667 bits per heavy atom. The highest BCUT2D eigenvalue weighted by molar-refractivity contribution is 5.90. The lowest BCUT2D eigenvalue weighted by molar-refractivity contribution is 0.0695. The number of aromatic carboxylic acids is 1. The zero-order chi connectivity index (χ0) is 26.4. The molecule has 1 unspecified atom stereocenters. The number of hydrogen-bond donors (Lipinski definition) is 1. The molecule has 0 aromatic heterocycles. The van der Waals surface area contributed by atoms with Crippen LogP contribution in [0.15, 0.2) is 12.1 Å². The number of unbranched alkanes of at least 4 members (excludes halogenated alkanes) is 16. The Balaban J connectivity index is 2.53. The summed E-state index contributed by atoms with van der Waals surface area (Å²) in [6.45, 7) is 9.14. The number of benzene rings is 1. The van der Waals surface area contributed by atoms with Crippen molar-refractivity contribution < 1.29 is 9.90 Å². The molecule has 1 aromatic carbocycles. The van der Waals surface area contributed by atoms with Crippen molar-refractivity contribution in [3.63, 3.8) is 0 Å². The molecule has 1 aromatic rings. The van der Waals surface area contributed by atoms with E-state index in [4.69, 9.17) is 0 Å². The molecule has 0 aliphatic rings. The van der Waals surface area contributed by atoms with Crippen molar-refractivity contribution in [1.29, 1.82) is 0 Å². The van der Waals surface area contributed by atoms with Crippen LogP contribution >= 0.6 is 0 Å². The van der Waals surface area contributed by atoms with Gasteiger partial charge in [0.1, 0.15) is 0 Å². The van der Waals surface area contributed by atoms with Gasteiger partial charge in [0.2, 0.25) is 0 Å². The molecule has 0 aliphatic carbocycles. The molecule has 1 rings (SSSR count). The maximum atomic E-state index is 12.1. The Morgan fingerprint density at radius 3 is 1.61 bits per heavy atom. The third kappa shape index (κ3) is 14.4. The smallest absolute Gasteiger partial charge is 0.335 e. The third-order valence-electron chi connectivity index (χ3n) is 8.02. The van der Waals surface area contributed by atoms with Gasteiger partial charge in [-0.25, -0.2) is 4.79 Å². The molecule has 1 N–H and O–H groups in total. The molecule has 0 fully saturated rings. The lowest BCUT2D eigenvalue weighted by Gasteiger charge is -2.20. The van der Waals surface area contributed by atoms with E-state index >= 15 is 0 Å². The van der Waals surface area contributed by atoms with Crippen molar-refractivity contribution in [3.8, 4) is 0 Å². The predicted molar refractivity (Wildman–Crippen MR) is 158 cm³/mol. The average molecular weight is 501 g/mol. The van der Waals surface area contributed by atoms with E-state index in [2.05, 4.69) is 33.8 Å². The van der Waals surface area contributed by atoms with Gasteiger partial charge in [-0.2, -0.15) is 0 Å². The average Bonchev–Trinajstić information content (AvgIpc) is 2.87. The van der Waals surface area contributed by atoms with E-state index in [1.54, 1.807) is 0 Å². The molecule has 0 heterocycles. The predicted octanol–water partition coefficient (Wildman–Crippen LogP) is 11.1. The summed E-state index contributed by atoms with van der Waals surface area (Å²) in [7, 11) is 0. The standard InChI is InChI=1S/C34H60O2/c1-5-8-10-12-14-16-17-18-20-22-24-29(4)28-33-30(7-3)26-27-32(34(35)36)31(33)25-23-21-19-15-13-11-9-6-2/h26-27,29H,5-25,28H2,1-4H3,(H,35,36). The van der Waals surface area contributed by atoms with Crippen LogP contribution in [0.5, 0.6) is 0 Å². The number of rotatable bonds is 24. The Hall–Kier alpha value is -1.31. The molecule has 0 saturated carbocycles. The van der Waals surface area contributed by atoms with Crippen LogP contribution in [0.25, 0.3) is 0 Å². The highest BCUT2D eigenvalue weighted by atomic mass is 16.4. The maximum absolute atomic E-state index is 12.1. The first kappa shape index (κ1) is 32.7.